The van der Waals surface area contributed by atoms with E-state index in [1.165, 1.54) is 4.90 Å². The van der Waals surface area contributed by atoms with E-state index >= 15 is 0 Å². The molecule has 7 nitrogen and oxygen atoms in total. The molecule has 1 heterocycles. The van der Waals surface area contributed by atoms with Crippen LogP contribution in [-0.4, -0.2) is 67.4 Å². The molecule has 0 unspecified atom stereocenters. The van der Waals surface area contributed by atoms with Gasteiger partial charge in [0.05, 0.1) is 6.54 Å². The number of hydrogen-bond donors (Lipinski definition) is 1. The molecule has 0 atom stereocenters. The first-order valence-electron chi connectivity index (χ1n) is 8.16. The van der Waals surface area contributed by atoms with Crippen LogP contribution >= 0.6 is 0 Å². The molecule has 1 saturated heterocycles. The number of anilines is 1. The molecule has 1 N–H and O–H groups in total. The molecule has 4 amide bonds. The number of carbonyl (C=O) groups excluding carboxylic acids is 3. The normalized spacial score (nSPS) is 13.6. The van der Waals surface area contributed by atoms with Gasteiger partial charge in [0.25, 0.3) is 5.91 Å². The van der Waals surface area contributed by atoms with Gasteiger partial charge in [-0.3, -0.25) is 14.5 Å². The molecular formula is C17H24N4O3. The van der Waals surface area contributed by atoms with Crippen molar-refractivity contribution in [2.75, 3.05) is 44.7 Å². The third-order valence-electron chi connectivity index (χ3n) is 4.12. The van der Waals surface area contributed by atoms with Gasteiger partial charge in [0, 0.05) is 44.5 Å². The van der Waals surface area contributed by atoms with Crippen LogP contribution < -0.4 is 10.2 Å². The Morgan fingerprint density at radius 2 is 1.79 bits per heavy atom. The Balaban J connectivity index is 2.01. The lowest BCUT2D eigenvalue weighted by molar-refractivity contribution is -0.131. The second-order valence-electron chi connectivity index (χ2n) is 5.66. The number of carbonyl (C=O) groups is 3. The van der Waals surface area contributed by atoms with Gasteiger partial charge in [-0.1, -0.05) is 0 Å². The van der Waals surface area contributed by atoms with Gasteiger partial charge in [0.1, 0.15) is 0 Å². The molecule has 1 aromatic rings. The van der Waals surface area contributed by atoms with Crippen molar-refractivity contribution in [1.29, 1.82) is 0 Å². The molecular weight excluding hydrogens is 308 g/mol. The zero-order valence-electron chi connectivity index (χ0n) is 14.4. The highest BCUT2D eigenvalue weighted by Crippen LogP contribution is 2.18. The lowest BCUT2D eigenvalue weighted by Gasteiger charge is -2.23. The molecule has 24 heavy (non-hydrogen) atoms. The molecule has 1 aliphatic heterocycles. The Hall–Kier alpha value is -2.57. The highest BCUT2D eigenvalue weighted by Gasteiger charge is 2.22. The van der Waals surface area contributed by atoms with Crippen LogP contribution in [0.5, 0.6) is 0 Å². The minimum absolute atomic E-state index is 0.0524. The van der Waals surface area contributed by atoms with E-state index in [1.807, 2.05) is 13.8 Å². The number of urea groups is 1. The molecule has 0 spiro atoms. The van der Waals surface area contributed by atoms with E-state index in [-0.39, 0.29) is 24.4 Å². The minimum Gasteiger partial charge on any atom is -0.342 e. The third-order valence-corrected chi connectivity index (χ3v) is 4.12. The predicted octanol–water partition coefficient (Wildman–Crippen LogP) is 1.16. The van der Waals surface area contributed by atoms with E-state index in [2.05, 4.69) is 5.32 Å². The van der Waals surface area contributed by atoms with Gasteiger partial charge < -0.3 is 15.1 Å². The van der Waals surface area contributed by atoms with Gasteiger partial charge in [0.2, 0.25) is 5.91 Å². The van der Waals surface area contributed by atoms with Crippen LogP contribution in [0.15, 0.2) is 24.3 Å². The fourth-order valence-corrected chi connectivity index (χ4v) is 2.67. The topological polar surface area (TPSA) is 73.0 Å². The summed E-state index contributed by atoms with van der Waals surface area (Å²) in [6.45, 7) is 6.37. The fraction of sp³-hybridized carbons (Fsp3) is 0.471. The zero-order valence-corrected chi connectivity index (χ0v) is 14.4. The maximum atomic E-state index is 12.4. The highest BCUT2D eigenvalue weighted by molar-refractivity contribution is 5.98. The van der Waals surface area contributed by atoms with Crippen LogP contribution in [0.2, 0.25) is 0 Å². The second-order valence-corrected chi connectivity index (χ2v) is 5.66. The monoisotopic (exact) mass is 332 g/mol. The van der Waals surface area contributed by atoms with E-state index in [9.17, 15) is 14.4 Å². The number of likely N-dealkylation sites (N-methyl/N-ethyl adjacent to an activating group) is 2. The van der Waals surface area contributed by atoms with Crippen LogP contribution in [0.25, 0.3) is 0 Å². The summed E-state index contributed by atoms with van der Waals surface area (Å²) in [4.78, 5) is 40.9. The van der Waals surface area contributed by atoms with Crippen LogP contribution in [0.4, 0.5) is 10.5 Å². The Morgan fingerprint density at radius 1 is 1.17 bits per heavy atom. The van der Waals surface area contributed by atoms with Crippen LogP contribution in [0.3, 0.4) is 0 Å². The smallest absolute Gasteiger partial charge is 0.321 e. The molecule has 0 saturated carbocycles. The summed E-state index contributed by atoms with van der Waals surface area (Å²) in [5.41, 5.74) is 1.25. The molecule has 1 aromatic carbocycles. The quantitative estimate of drug-likeness (QED) is 0.849. The summed E-state index contributed by atoms with van der Waals surface area (Å²) in [6.07, 6.45) is 0. The van der Waals surface area contributed by atoms with Gasteiger partial charge in [0.15, 0.2) is 0 Å². The summed E-state index contributed by atoms with van der Waals surface area (Å²) >= 11 is 0. The van der Waals surface area contributed by atoms with Gasteiger partial charge in [-0.2, -0.15) is 0 Å². The van der Waals surface area contributed by atoms with Crippen molar-refractivity contribution in [2.45, 2.75) is 13.8 Å². The van der Waals surface area contributed by atoms with Gasteiger partial charge >= 0.3 is 6.03 Å². The van der Waals surface area contributed by atoms with Gasteiger partial charge in [-0.05, 0) is 38.1 Å². The molecule has 1 fully saturated rings. The Morgan fingerprint density at radius 3 is 2.29 bits per heavy atom. The van der Waals surface area contributed by atoms with Crippen molar-refractivity contribution in [2.24, 2.45) is 0 Å². The number of rotatable bonds is 6. The first kappa shape index (κ1) is 17.8. The molecule has 130 valence electrons. The Labute approximate surface area is 142 Å². The molecule has 0 aliphatic carbocycles. The lowest BCUT2D eigenvalue weighted by Crippen LogP contribution is -2.41. The minimum atomic E-state index is -0.215. The van der Waals surface area contributed by atoms with E-state index in [1.54, 1.807) is 41.1 Å². The fourth-order valence-electron chi connectivity index (χ4n) is 2.67. The van der Waals surface area contributed by atoms with Crippen LogP contribution in [0, 0.1) is 0 Å². The lowest BCUT2D eigenvalue weighted by atomic mass is 10.1. The zero-order chi connectivity index (χ0) is 17.7. The van der Waals surface area contributed by atoms with Crippen molar-refractivity contribution in [3.05, 3.63) is 29.8 Å². The van der Waals surface area contributed by atoms with E-state index in [0.29, 0.717) is 31.7 Å². The van der Waals surface area contributed by atoms with E-state index in [4.69, 9.17) is 0 Å². The number of amides is 4. The largest absolute Gasteiger partial charge is 0.342 e. The van der Waals surface area contributed by atoms with Crippen molar-refractivity contribution < 1.29 is 14.4 Å². The first-order chi connectivity index (χ1) is 11.5. The van der Waals surface area contributed by atoms with Gasteiger partial charge in [-0.15, -0.1) is 0 Å². The van der Waals surface area contributed by atoms with Crippen molar-refractivity contribution in [3.63, 3.8) is 0 Å². The number of nitrogens with zero attached hydrogens (tertiary/aromatic N) is 3. The SMILES string of the molecule is CCN(CC)C(=O)CN(C)C(=O)c1ccc(N2CCNC2=O)cc1. The summed E-state index contributed by atoms with van der Waals surface area (Å²) < 4.78 is 0. The predicted molar refractivity (Wildman–Crippen MR) is 92.1 cm³/mol. The second kappa shape index (κ2) is 7.81. The van der Waals surface area contributed by atoms with Gasteiger partial charge in [-0.25, -0.2) is 4.79 Å². The highest BCUT2D eigenvalue weighted by atomic mass is 16.2. The number of benzene rings is 1. The van der Waals surface area contributed by atoms with E-state index < -0.39 is 0 Å². The van der Waals surface area contributed by atoms with Crippen molar-refractivity contribution >= 4 is 23.5 Å². The molecule has 1 aliphatic rings. The molecule has 0 radical (unpaired) electrons. The summed E-state index contributed by atoms with van der Waals surface area (Å²) in [7, 11) is 1.62. The van der Waals surface area contributed by atoms with E-state index in [0.717, 1.165) is 5.69 Å². The number of hydrogen-bond acceptors (Lipinski definition) is 3. The van der Waals surface area contributed by atoms with Crippen molar-refractivity contribution in [1.82, 2.24) is 15.1 Å². The third kappa shape index (κ3) is 3.84. The molecule has 2 rings (SSSR count). The van der Waals surface area contributed by atoms with Crippen molar-refractivity contribution in [3.8, 4) is 0 Å². The summed E-state index contributed by atoms with van der Waals surface area (Å²) in [6, 6.07) is 6.73. The average Bonchev–Trinajstić information content (AvgIpc) is 3.01. The van der Waals surface area contributed by atoms with Crippen LogP contribution in [-0.2, 0) is 4.79 Å². The average molecular weight is 332 g/mol. The first-order valence-corrected chi connectivity index (χ1v) is 8.16. The Kier molecular flexibility index (Phi) is 5.78. The standard InChI is InChI=1S/C17H24N4O3/c1-4-20(5-2)15(22)12-19(3)16(23)13-6-8-14(9-7-13)21-11-10-18-17(21)24/h6-9H,4-5,10-12H2,1-3H3,(H,18,24). The molecule has 0 aromatic heterocycles. The molecule has 0 bridgehead atoms. The number of nitrogens with one attached hydrogen (secondary N) is 1. The summed E-state index contributed by atoms with van der Waals surface area (Å²) in [5.74, 6) is -0.283. The maximum Gasteiger partial charge on any atom is 0.321 e. The van der Waals surface area contributed by atoms with Crippen LogP contribution in [0.1, 0.15) is 24.2 Å². The Bertz CT molecular complexity index is 611. The molecule has 7 heteroatoms. The maximum absolute atomic E-state index is 12.4. The summed E-state index contributed by atoms with van der Waals surface area (Å²) in [5, 5.41) is 2.74.